The van der Waals surface area contributed by atoms with Crippen LogP contribution in [0.25, 0.3) is 0 Å². The van der Waals surface area contributed by atoms with Crippen molar-refractivity contribution < 1.29 is 0 Å². The summed E-state index contributed by atoms with van der Waals surface area (Å²) in [6.45, 7) is 6.43. The SMILES string of the molecule is CCCNCc1ccc(N2CCCCCC2)cc1Cl. The molecule has 0 spiro atoms. The highest BCUT2D eigenvalue weighted by Crippen LogP contribution is 2.25. The molecule has 3 heteroatoms. The molecule has 1 aromatic rings. The monoisotopic (exact) mass is 280 g/mol. The second-order valence-electron chi connectivity index (χ2n) is 5.35. The van der Waals surface area contributed by atoms with Crippen molar-refractivity contribution in [1.82, 2.24) is 5.32 Å². The molecule has 1 aliphatic rings. The molecule has 0 amide bonds. The average molecular weight is 281 g/mol. The van der Waals surface area contributed by atoms with E-state index in [1.54, 1.807) is 0 Å². The van der Waals surface area contributed by atoms with Crippen LogP contribution in [0.3, 0.4) is 0 Å². The Morgan fingerprint density at radius 3 is 2.53 bits per heavy atom. The minimum atomic E-state index is 0.868. The van der Waals surface area contributed by atoms with Crippen LogP contribution in [0.4, 0.5) is 5.69 Å². The molecular weight excluding hydrogens is 256 g/mol. The second-order valence-corrected chi connectivity index (χ2v) is 5.76. The minimum absolute atomic E-state index is 0.868. The van der Waals surface area contributed by atoms with Crippen LogP contribution in [0.2, 0.25) is 5.02 Å². The van der Waals surface area contributed by atoms with Gasteiger partial charge in [-0.3, -0.25) is 0 Å². The molecule has 0 atom stereocenters. The molecule has 0 radical (unpaired) electrons. The van der Waals surface area contributed by atoms with E-state index in [0.29, 0.717) is 0 Å². The van der Waals surface area contributed by atoms with Crippen LogP contribution in [0.15, 0.2) is 18.2 Å². The number of hydrogen-bond acceptors (Lipinski definition) is 2. The lowest BCUT2D eigenvalue weighted by Gasteiger charge is -2.23. The zero-order chi connectivity index (χ0) is 13.5. The van der Waals surface area contributed by atoms with Gasteiger partial charge in [0.1, 0.15) is 0 Å². The molecule has 2 nitrogen and oxygen atoms in total. The molecule has 0 aromatic heterocycles. The molecule has 1 aromatic carbocycles. The Balaban J connectivity index is 2.00. The minimum Gasteiger partial charge on any atom is -0.371 e. The van der Waals surface area contributed by atoms with E-state index in [1.807, 2.05) is 0 Å². The molecular formula is C16H25ClN2. The third-order valence-corrected chi connectivity index (χ3v) is 4.10. The first-order chi connectivity index (χ1) is 9.31. The van der Waals surface area contributed by atoms with Crippen LogP contribution in [0.1, 0.15) is 44.6 Å². The van der Waals surface area contributed by atoms with E-state index in [-0.39, 0.29) is 0 Å². The summed E-state index contributed by atoms with van der Waals surface area (Å²) in [7, 11) is 0. The van der Waals surface area contributed by atoms with Crippen molar-refractivity contribution >= 4 is 17.3 Å². The van der Waals surface area contributed by atoms with E-state index in [0.717, 1.165) is 24.5 Å². The van der Waals surface area contributed by atoms with E-state index < -0.39 is 0 Å². The lowest BCUT2D eigenvalue weighted by Crippen LogP contribution is -2.23. The van der Waals surface area contributed by atoms with Gasteiger partial charge in [-0.15, -0.1) is 0 Å². The maximum Gasteiger partial charge on any atom is 0.0471 e. The number of rotatable bonds is 5. The van der Waals surface area contributed by atoms with Crippen LogP contribution < -0.4 is 10.2 Å². The Hall–Kier alpha value is -0.730. The van der Waals surface area contributed by atoms with Gasteiger partial charge in [0.25, 0.3) is 0 Å². The number of anilines is 1. The molecule has 1 N–H and O–H groups in total. The molecule has 0 bridgehead atoms. The van der Waals surface area contributed by atoms with Gasteiger partial charge in [0, 0.05) is 30.3 Å². The number of nitrogens with one attached hydrogen (secondary N) is 1. The van der Waals surface area contributed by atoms with Gasteiger partial charge in [-0.1, -0.05) is 37.4 Å². The highest BCUT2D eigenvalue weighted by molar-refractivity contribution is 6.31. The topological polar surface area (TPSA) is 15.3 Å². The third-order valence-electron chi connectivity index (χ3n) is 3.75. The maximum absolute atomic E-state index is 6.40. The summed E-state index contributed by atoms with van der Waals surface area (Å²) in [5.74, 6) is 0. The van der Waals surface area contributed by atoms with Crippen molar-refractivity contribution in [1.29, 1.82) is 0 Å². The first kappa shape index (κ1) is 14.7. The summed E-state index contributed by atoms with van der Waals surface area (Å²) >= 11 is 6.40. The summed E-state index contributed by atoms with van der Waals surface area (Å²) < 4.78 is 0. The van der Waals surface area contributed by atoms with Crippen LogP contribution >= 0.6 is 11.6 Å². The number of hydrogen-bond donors (Lipinski definition) is 1. The van der Waals surface area contributed by atoms with Gasteiger partial charge in [-0.25, -0.2) is 0 Å². The van der Waals surface area contributed by atoms with Gasteiger partial charge in [0.05, 0.1) is 0 Å². The highest BCUT2D eigenvalue weighted by Gasteiger charge is 2.11. The van der Waals surface area contributed by atoms with E-state index >= 15 is 0 Å². The number of benzene rings is 1. The number of halogens is 1. The third kappa shape index (κ3) is 4.39. The Kier molecular flexibility index (Phi) is 5.99. The summed E-state index contributed by atoms with van der Waals surface area (Å²) in [6.07, 6.45) is 6.49. The molecule has 19 heavy (non-hydrogen) atoms. The predicted octanol–water partition coefficient (Wildman–Crippen LogP) is 4.22. The van der Waals surface area contributed by atoms with Crippen LogP contribution in [0, 0.1) is 0 Å². The van der Waals surface area contributed by atoms with Crippen LogP contribution in [0.5, 0.6) is 0 Å². The molecule has 0 unspecified atom stereocenters. The second kappa shape index (κ2) is 7.76. The molecule has 0 saturated carbocycles. The van der Waals surface area contributed by atoms with Crippen molar-refractivity contribution in [3.63, 3.8) is 0 Å². The smallest absolute Gasteiger partial charge is 0.0471 e. The van der Waals surface area contributed by atoms with Crippen LogP contribution in [-0.2, 0) is 6.54 Å². The zero-order valence-corrected chi connectivity index (χ0v) is 12.7. The van der Waals surface area contributed by atoms with Gasteiger partial charge >= 0.3 is 0 Å². The molecule has 1 heterocycles. The lowest BCUT2D eigenvalue weighted by molar-refractivity contribution is 0.675. The molecule has 106 valence electrons. The predicted molar refractivity (Wildman–Crippen MR) is 84.1 cm³/mol. The molecule has 0 aliphatic carbocycles. The fourth-order valence-corrected chi connectivity index (χ4v) is 2.85. The molecule has 1 fully saturated rings. The van der Waals surface area contributed by atoms with Crippen molar-refractivity contribution in [2.75, 3.05) is 24.5 Å². The van der Waals surface area contributed by atoms with Crippen LogP contribution in [-0.4, -0.2) is 19.6 Å². The first-order valence-electron chi connectivity index (χ1n) is 7.55. The van der Waals surface area contributed by atoms with Crippen molar-refractivity contribution in [3.05, 3.63) is 28.8 Å². The molecule has 1 saturated heterocycles. The average Bonchev–Trinajstić information content (AvgIpc) is 2.70. The van der Waals surface area contributed by atoms with Crippen molar-refractivity contribution in [2.45, 2.75) is 45.6 Å². The largest absolute Gasteiger partial charge is 0.371 e. The Bertz CT molecular complexity index is 384. The molecule has 2 rings (SSSR count). The van der Waals surface area contributed by atoms with Gasteiger partial charge in [0.15, 0.2) is 0 Å². The van der Waals surface area contributed by atoms with E-state index in [1.165, 1.54) is 50.0 Å². The molecule has 1 aliphatic heterocycles. The fraction of sp³-hybridized carbons (Fsp3) is 0.625. The van der Waals surface area contributed by atoms with E-state index in [9.17, 15) is 0 Å². The maximum atomic E-state index is 6.40. The van der Waals surface area contributed by atoms with Gasteiger partial charge < -0.3 is 10.2 Å². The van der Waals surface area contributed by atoms with E-state index in [4.69, 9.17) is 11.6 Å². The normalized spacial score (nSPS) is 16.4. The number of nitrogens with zero attached hydrogens (tertiary/aromatic N) is 1. The quantitative estimate of drug-likeness (QED) is 0.813. The van der Waals surface area contributed by atoms with Crippen molar-refractivity contribution in [2.24, 2.45) is 0 Å². The summed E-state index contributed by atoms with van der Waals surface area (Å²) in [6, 6.07) is 6.53. The lowest BCUT2D eigenvalue weighted by atomic mass is 10.2. The Morgan fingerprint density at radius 2 is 1.89 bits per heavy atom. The fourth-order valence-electron chi connectivity index (χ4n) is 2.61. The Morgan fingerprint density at radius 1 is 1.16 bits per heavy atom. The van der Waals surface area contributed by atoms with E-state index in [2.05, 4.69) is 35.3 Å². The van der Waals surface area contributed by atoms with Gasteiger partial charge in [0.2, 0.25) is 0 Å². The summed E-state index contributed by atoms with van der Waals surface area (Å²) in [5, 5.41) is 4.30. The first-order valence-corrected chi connectivity index (χ1v) is 7.93. The zero-order valence-electron chi connectivity index (χ0n) is 11.9. The van der Waals surface area contributed by atoms with Crippen molar-refractivity contribution in [3.8, 4) is 0 Å². The summed E-state index contributed by atoms with van der Waals surface area (Å²) in [5.41, 5.74) is 2.49. The Labute approximate surface area is 122 Å². The summed E-state index contributed by atoms with van der Waals surface area (Å²) in [4.78, 5) is 2.47. The van der Waals surface area contributed by atoms with Gasteiger partial charge in [-0.2, -0.15) is 0 Å². The standard InChI is InChI=1S/C16H25ClN2/c1-2-9-18-13-14-7-8-15(12-16(14)17)19-10-5-3-4-6-11-19/h7-8,12,18H,2-6,9-11,13H2,1H3. The van der Waals surface area contributed by atoms with Gasteiger partial charge in [-0.05, 0) is 43.5 Å². The highest BCUT2D eigenvalue weighted by atomic mass is 35.5.